The van der Waals surface area contributed by atoms with Crippen molar-refractivity contribution in [1.29, 1.82) is 0 Å². The van der Waals surface area contributed by atoms with Gasteiger partial charge in [-0.1, -0.05) is 24.3 Å². The van der Waals surface area contributed by atoms with Crippen molar-refractivity contribution in [1.82, 2.24) is 14.0 Å². The number of benzene rings is 1. The summed E-state index contributed by atoms with van der Waals surface area (Å²) in [5.74, 6) is 2.42. The number of hydrogen-bond acceptors (Lipinski definition) is 3. The van der Waals surface area contributed by atoms with Crippen LogP contribution in [0.5, 0.6) is 5.75 Å². The number of ether oxygens (including phenoxy) is 1. The topological polar surface area (TPSA) is 39.4 Å². The van der Waals surface area contributed by atoms with Gasteiger partial charge in [0, 0.05) is 32.0 Å². The highest BCUT2D eigenvalue weighted by atomic mass is 16.5. The Labute approximate surface area is 167 Å². The van der Waals surface area contributed by atoms with E-state index >= 15 is 0 Å². The summed E-state index contributed by atoms with van der Waals surface area (Å²) in [6.07, 6.45) is 12.0. The number of fused-ring (bicyclic) bond motifs is 1. The molecule has 1 aromatic heterocycles. The summed E-state index contributed by atoms with van der Waals surface area (Å²) in [7, 11) is 0. The van der Waals surface area contributed by atoms with Crippen LogP contribution in [0.4, 0.5) is 0 Å². The Morgan fingerprint density at radius 3 is 2.46 bits per heavy atom. The van der Waals surface area contributed by atoms with Gasteiger partial charge in [0.05, 0.1) is 11.8 Å². The van der Waals surface area contributed by atoms with Gasteiger partial charge in [0.1, 0.15) is 5.75 Å². The average molecular weight is 382 g/mol. The molecule has 2 aromatic rings. The van der Waals surface area contributed by atoms with Crippen LogP contribution in [0.3, 0.4) is 0 Å². The first-order chi connectivity index (χ1) is 13.6. The van der Waals surface area contributed by atoms with E-state index in [0.29, 0.717) is 0 Å². The number of allylic oxidation sites excluding steroid dienone is 2. The molecule has 0 radical (unpaired) electrons. The van der Waals surface area contributed by atoms with Crippen molar-refractivity contribution >= 4 is 0 Å². The molecule has 0 bridgehead atoms. The third-order valence-corrected chi connectivity index (χ3v) is 5.90. The van der Waals surface area contributed by atoms with Crippen molar-refractivity contribution in [3.8, 4) is 11.4 Å². The smallest absolute Gasteiger partial charge is 0.332 e. The quantitative estimate of drug-likeness (QED) is 0.687. The van der Waals surface area contributed by atoms with E-state index in [4.69, 9.17) is 4.74 Å². The Bertz CT molecular complexity index is 864. The number of nitrogens with zero attached hydrogens (tertiary/aromatic N) is 3. The van der Waals surface area contributed by atoms with E-state index in [1.807, 2.05) is 55.1 Å². The van der Waals surface area contributed by atoms with Crippen LogP contribution >= 0.6 is 0 Å². The maximum absolute atomic E-state index is 12.9. The highest BCUT2D eigenvalue weighted by Gasteiger charge is 2.32. The van der Waals surface area contributed by atoms with Crippen molar-refractivity contribution < 1.29 is 4.74 Å². The molecule has 28 heavy (non-hydrogen) atoms. The second kappa shape index (κ2) is 8.39. The Morgan fingerprint density at radius 1 is 1.04 bits per heavy atom. The number of hydrogen-bond donors (Lipinski definition) is 0. The van der Waals surface area contributed by atoms with Gasteiger partial charge in [-0.2, -0.15) is 0 Å². The molecule has 2 aliphatic rings. The summed E-state index contributed by atoms with van der Waals surface area (Å²) in [5, 5.41) is 0. The summed E-state index contributed by atoms with van der Waals surface area (Å²) in [4.78, 5) is 15.5. The number of imidazole rings is 1. The molecule has 0 amide bonds. The molecule has 2 heterocycles. The lowest BCUT2D eigenvalue weighted by atomic mass is 9.86. The highest BCUT2D eigenvalue weighted by molar-refractivity contribution is 5.46. The van der Waals surface area contributed by atoms with Crippen LogP contribution in [0.25, 0.3) is 5.69 Å². The van der Waals surface area contributed by atoms with Gasteiger partial charge < -0.3 is 9.64 Å². The van der Waals surface area contributed by atoms with E-state index in [9.17, 15) is 4.79 Å². The SMILES string of the molecule is CC(C)Oc1ccccc1-n1ccn(CCCN2CC3CC=CCC3C2)c1=O. The van der Waals surface area contributed by atoms with Crippen LogP contribution in [0, 0.1) is 11.8 Å². The van der Waals surface area contributed by atoms with E-state index in [1.165, 1.54) is 25.9 Å². The second-order valence-electron chi connectivity index (χ2n) is 8.35. The molecule has 2 unspecified atom stereocenters. The minimum absolute atomic E-state index is 0.000836. The minimum Gasteiger partial charge on any atom is -0.489 e. The number of rotatable bonds is 7. The van der Waals surface area contributed by atoms with Crippen molar-refractivity contribution in [3.63, 3.8) is 0 Å². The summed E-state index contributed by atoms with van der Waals surface area (Å²) in [6, 6.07) is 7.73. The van der Waals surface area contributed by atoms with Gasteiger partial charge in [-0.05, 0) is 63.6 Å². The van der Waals surface area contributed by atoms with Gasteiger partial charge in [0.25, 0.3) is 0 Å². The third kappa shape index (κ3) is 4.09. The highest BCUT2D eigenvalue weighted by Crippen LogP contribution is 2.32. The number of aryl methyl sites for hydroxylation is 1. The predicted octanol–water partition coefficient (Wildman–Crippen LogP) is 3.71. The van der Waals surface area contributed by atoms with Gasteiger partial charge in [0.2, 0.25) is 0 Å². The molecule has 150 valence electrons. The molecule has 2 atom stereocenters. The Hall–Kier alpha value is -2.27. The van der Waals surface area contributed by atoms with Gasteiger partial charge in [-0.25, -0.2) is 4.79 Å². The molecule has 4 rings (SSSR count). The van der Waals surface area contributed by atoms with Crippen LogP contribution < -0.4 is 10.4 Å². The number of para-hydroxylation sites is 2. The van der Waals surface area contributed by atoms with E-state index < -0.39 is 0 Å². The van der Waals surface area contributed by atoms with E-state index in [1.54, 1.807) is 4.57 Å². The van der Waals surface area contributed by atoms with Crippen molar-refractivity contribution in [2.75, 3.05) is 19.6 Å². The van der Waals surface area contributed by atoms with Crippen LogP contribution in [0.1, 0.15) is 33.1 Å². The summed E-state index contributed by atoms with van der Waals surface area (Å²) < 4.78 is 9.38. The molecule has 1 aliphatic carbocycles. The fourth-order valence-electron chi connectivity index (χ4n) is 4.54. The average Bonchev–Trinajstić information content (AvgIpc) is 3.25. The Kier molecular flexibility index (Phi) is 5.72. The maximum Gasteiger partial charge on any atom is 0.332 e. The van der Waals surface area contributed by atoms with E-state index in [0.717, 1.165) is 42.8 Å². The van der Waals surface area contributed by atoms with Crippen molar-refractivity contribution in [2.45, 2.75) is 45.8 Å². The fraction of sp³-hybridized carbons (Fsp3) is 0.522. The summed E-state index contributed by atoms with van der Waals surface area (Å²) in [6.45, 7) is 8.24. The summed E-state index contributed by atoms with van der Waals surface area (Å²) >= 11 is 0. The zero-order valence-corrected chi connectivity index (χ0v) is 17.0. The normalized spacial score (nSPS) is 22.0. The zero-order valence-electron chi connectivity index (χ0n) is 17.0. The van der Waals surface area contributed by atoms with Gasteiger partial charge in [-0.15, -0.1) is 0 Å². The molecule has 1 aromatic carbocycles. The molecular formula is C23H31N3O2. The minimum atomic E-state index is -0.000836. The van der Waals surface area contributed by atoms with Crippen molar-refractivity contribution in [2.24, 2.45) is 11.8 Å². The number of aromatic nitrogens is 2. The molecule has 0 N–H and O–H groups in total. The molecule has 1 saturated heterocycles. The maximum atomic E-state index is 12.9. The molecule has 0 saturated carbocycles. The zero-order chi connectivity index (χ0) is 19.5. The molecule has 5 heteroatoms. The van der Waals surface area contributed by atoms with Gasteiger partial charge in [-0.3, -0.25) is 9.13 Å². The first kappa shape index (κ1) is 19.1. The standard InChI is InChI=1S/C23H31N3O2/c1-18(2)28-22-11-6-5-10-21(22)26-15-14-25(23(26)27)13-7-12-24-16-19-8-3-4-9-20(19)17-24/h3-6,10-11,14-15,18-20H,7-9,12-13,16-17H2,1-2H3. The predicted molar refractivity (Wildman–Crippen MR) is 112 cm³/mol. The molecular weight excluding hydrogens is 350 g/mol. The Balaban J connectivity index is 1.38. The lowest BCUT2D eigenvalue weighted by molar-refractivity contribution is 0.241. The Morgan fingerprint density at radius 2 is 1.75 bits per heavy atom. The molecule has 0 spiro atoms. The van der Waals surface area contributed by atoms with Crippen LogP contribution in [0.15, 0.2) is 53.6 Å². The molecule has 1 fully saturated rings. The number of likely N-dealkylation sites (tertiary alicyclic amines) is 1. The largest absolute Gasteiger partial charge is 0.489 e. The van der Waals surface area contributed by atoms with Crippen LogP contribution in [-0.2, 0) is 6.54 Å². The first-order valence-electron chi connectivity index (χ1n) is 10.5. The molecule has 5 nitrogen and oxygen atoms in total. The fourth-order valence-corrected chi connectivity index (χ4v) is 4.54. The van der Waals surface area contributed by atoms with Gasteiger partial charge in [0.15, 0.2) is 0 Å². The van der Waals surface area contributed by atoms with Gasteiger partial charge >= 0.3 is 5.69 Å². The van der Waals surface area contributed by atoms with Crippen LogP contribution in [0.2, 0.25) is 0 Å². The second-order valence-corrected chi connectivity index (χ2v) is 8.35. The lowest BCUT2D eigenvalue weighted by Gasteiger charge is -2.18. The van der Waals surface area contributed by atoms with E-state index in [-0.39, 0.29) is 11.8 Å². The monoisotopic (exact) mass is 381 g/mol. The molecule has 1 aliphatic heterocycles. The van der Waals surface area contributed by atoms with E-state index in [2.05, 4.69) is 17.1 Å². The van der Waals surface area contributed by atoms with Crippen molar-refractivity contribution in [3.05, 3.63) is 59.3 Å². The summed E-state index contributed by atoms with van der Waals surface area (Å²) in [5.41, 5.74) is 0.801. The third-order valence-electron chi connectivity index (χ3n) is 5.90. The van der Waals surface area contributed by atoms with Crippen LogP contribution in [-0.4, -0.2) is 39.8 Å². The first-order valence-corrected chi connectivity index (χ1v) is 10.5. The lowest BCUT2D eigenvalue weighted by Crippen LogP contribution is -2.27.